The zero-order chi connectivity index (χ0) is 19.5. The predicted octanol–water partition coefficient (Wildman–Crippen LogP) is 4.60. The first-order valence-electron chi connectivity index (χ1n) is 9.53. The van der Waals surface area contributed by atoms with E-state index in [2.05, 4.69) is 46.7 Å². The van der Waals surface area contributed by atoms with Gasteiger partial charge in [-0.05, 0) is 67.2 Å². The van der Waals surface area contributed by atoms with Gasteiger partial charge in [0, 0.05) is 11.4 Å². The molecule has 0 saturated heterocycles. The van der Waals surface area contributed by atoms with E-state index in [0.29, 0.717) is 12.0 Å². The summed E-state index contributed by atoms with van der Waals surface area (Å²) in [6.07, 6.45) is 6.04. The molecular formula is C23H22N4O. The molecule has 140 valence electrons. The SMILES string of the molecule is C[C@@H](Nc1cnnc2ccc(C3=CCC(O)CC3)cc12)c1cccc(C#N)c1. The average Bonchev–Trinajstić information content (AvgIpc) is 2.74. The van der Waals surface area contributed by atoms with Gasteiger partial charge in [0.15, 0.2) is 0 Å². The van der Waals surface area contributed by atoms with Crippen LogP contribution in [0.2, 0.25) is 0 Å². The first-order chi connectivity index (χ1) is 13.6. The van der Waals surface area contributed by atoms with Crippen LogP contribution in [0.25, 0.3) is 16.5 Å². The lowest BCUT2D eigenvalue weighted by atomic mass is 9.91. The van der Waals surface area contributed by atoms with Crippen LogP contribution in [0.1, 0.15) is 48.9 Å². The molecule has 1 aliphatic carbocycles. The molecule has 1 unspecified atom stereocenters. The molecule has 1 aromatic heterocycles. The van der Waals surface area contributed by atoms with E-state index in [-0.39, 0.29) is 12.1 Å². The molecule has 2 aromatic carbocycles. The van der Waals surface area contributed by atoms with Crippen LogP contribution in [0.5, 0.6) is 0 Å². The lowest BCUT2D eigenvalue weighted by molar-refractivity contribution is 0.166. The summed E-state index contributed by atoms with van der Waals surface area (Å²) in [6.45, 7) is 2.07. The number of fused-ring (bicyclic) bond motifs is 1. The summed E-state index contributed by atoms with van der Waals surface area (Å²) in [5, 5.41) is 31.8. The highest BCUT2D eigenvalue weighted by Gasteiger charge is 2.15. The van der Waals surface area contributed by atoms with Gasteiger partial charge in [-0.25, -0.2) is 0 Å². The number of nitriles is 1. The molecule has 0 aliphatic heterocycles. The van der Waals surface area contributed by atoms with E-state index in [1.165, 1.54) is 5.57 Å². The molecule has 5 heteroatoms. The van der Waals surface area contributed by atoms with Gasteiger partial charge in [-0.15, -0.1) is 0 Å². The van der Waals surface area contributed by atoms with Crippen molar-refractivity contribution >= 4 is 22.2 Å². The highest BCUT2D eigenvalue weighted by atomic mass is 16.3. The Kier molecular flexibility index (Phi) is 5.05. The number of anilines is 1. The van der Waals surface area contributed by atoms with Crippen molar-refractivity contribution in [2.24, 2.45) is 0 Å². The van der Waals surface area contributed by atoms with Crippen molar-refractivity contribution in [2.75, 3.05) is 5.32 Å². The maximum atomic E-state index is 9.74. The maximum absolute atomic E-state index is 9.74. The minimum atomic E-state index is -0.225. The molecule has 0 bridgehead atoms. The largest absolute Gasteiger partial charge is 0.393 e. The molecule has 0 radical (unpaired) electrons. The van der Waals surface area contributed by atoms with Crippen LogP contribution in [0, 0.1) is 11.3 Å². The predicted molar refractivity (Wildman–Crippen MR) is 111 cm³/mol. The standard InChI is InChI=1S/C23H22N4O/c1-15(18-4-2-3-16(11-18)13-24)26-23-14-25-27-22-10-7-19(12-21(22)23)17-5-8-20(28)9-6-17/h2-5,7,10-12,14-15,20,28H,6,8-9H2,1H3,(H,26,27)/t15-,20?/m1/s1. The third-order valence-corrected chi connectivity index (χ3v) is 5.28. The van der Waals surface area contributed by atoms with Gasteiger partial charge in [-0.2, -0.15) is 15.5 Å². The van der Waals surface area contributed by atoms with Crippen molar-refractivity contribution in [1.82, 2.24) is 10.2 Å². The zero-order valence-corrected chi connectivity index (χ0v) is 15.8. The highest BCUT2D eigenvalue weighted by Crippen LogP contribution is 2.32. The van der Waals surface area contributed by atoms with Crippen molar-refractivity contribution in [3.05, 3.63) is 71.4 Å². The second-order valence-corrected chi connectivity index (χ2v) is 7.25. The number of benzene rings is 2. The second kappa shape index (κ2) is 7.79. The fourth-order valence-corrected chi connectivity index (χ4v) is 3.65. The Morgan fingerprint density at radius 2 is 2.14 bits per heavy atom. The van der Waals surface area contributed by atoms with Crippen LogP contribution in [-0.4, -0.2) is 21.4 Å². The Labute approximate surface area is 164 Å². The van der Waals surface area contributed by atoms with Gasteiger partial charge in [-0.1, -0.05) is 24.3 Å². The van der Waals surface area contributed by atoms with Crippen molar-refractivity contribution in [3.63, 3.8) is 0 Å². The summed E-state index contributed by atoms with van der Waals surface area (Å²) in [7, 11) is 0. The Bertz CT molecular complexity index is 1080. The number of aliphatic hydroxyl groups excluding tert-OH is 1. The lowest BCUT2D eigenvalue weighted by Crippen LogP contribution is -2.10. The van der Waals surface area contributed by atoms with E-state index in [0.717, 1.165) is 40.6 Å². The Morgan fingerprint density at radius 3 is 2.93 bits per heavy atom. The zero-order valence-electron chi connectivity index (χ0n) is 15.8. The van der Waals surface area contributed by atoms with Crippen molar-refractivity contribution < 1.29 is 5.11 Å². The number of aromatic nitrogens is 2. The van der Waals surface area contributed by atoms with Crippen LogP contribution in [0.3, 0.4) is 0 Å². The number of hydrogen-bond donors (Lipinski definition) is 2. The van der Waals surface area contributed by atoms with E-state index in [1.807, 2.05) is 24.3 Å². The summed E-state index contributed by atoms with van der Waals surface area (Å²) in [6, 6.07) is 16.0. The van der Waals surface area contributed by atoms with Gasteiger partial charge in [0.05, 0.1) is 35.1 Å². The fourth-order valence-electron chi connectivity index (χ4n) is 3.65. The van der Waals surface area contributed by atoms with E-state index in [9.17, 15) is 5.11 Å². The molecule has 0 fully saturated rings. The van der Waals surface area contributed by atoms with Crippen molar-refractivity contribution in [3.8, 4) is 6.07 Å². The molecule has 3 aromatic rings. The van der Waals surface area contributed by atoms with Gasteiger partial charge >= 0.3 is 0 Å². The molecule has 1 heterocycles. The van der Waals surface area contributed by atoms with Crippen LogP contribution in [-0.2, 0) is 0 Å². The number of nitrogens with zero attached hydrogens (tertiary/aromatic N) is 3. The lowest BCUT2D eigenvalue weighted by Gasteiger charge is -2.19. The van der Waals surface area contributed by atoms with E-state index in [4.69, 9.17) is 5.26 Å². The first kappa shape index (κ1) is 18.1. The van der Waals surface area contributed by atoms with E-state index in [1.54, 1.807) is 12.3 Å². The van der Waals surface area contributed by atoms with E-state index >= 15 is 0 Å². The third-order valence-electron chi connectivity index (χ3n) is 5.28. The minimum absolute atomic E-state index is 0.0217. The molecule has 0 amide bonds. The fraction of sp³-hybridized carbons (Fsp3) is 0.261. The highest BCUT2D eigenvalue weighted by molar-refractivity contribution is 5.93. The van der Waals surface area contributed by atoms with Crippen LogP contribution in [0.4, 0.5) is 5.69 Å². The maximum Gasteiger partial charge on any atom is 0.0991 e. The molecule has 4 rings (SSSR count). The van der Waals surface area contributed by atoms with Gasteiger partial charge in [0.1, 0.15) is 0 Å². The quantitative estimate of drug-likeness (QED) is 0.701. The number of aliphatic hydroxyl groups is 1. The molecule has 2 atom stereocenters. The number of allylic oxidation sites excluding steroid dienone is 1. The summed E-state index contributed by atoms with van der Waals surface area (Å²) in [4.78, 5) is 0. The Hall–Kier alpha value is -3.23. The number of rotatable bonds is 4. The molecule has 2 N–H and O–H groups in total. The van der Waals surface area contributed by atoms with Crippen LogP contribution >= 0.6 is 0 Å². The molecule has 5 nitrogen and oxygen atoms in total. The third kappa shape index (κ3) is 3.73. The molecule has 0 spiro atoms. The molecule has 0 saturated carbocycles. The summed E-state index contributed by atoms with van der Waals surface area (Å²) >= 11 is 0. The van der Waals surface area contributed by atoms with E-state index < -0.39 is 0 Å². The summed E-state index contributed by atoms with van der Waals surface area (Å²) in [5.74, 6) is 0. The van der Waals surface area contributed by atoms with Gasteiger partial charge in [0.2, 0.25) is 0 Å². The topological polar surface area (TPSA) is 81.8 Å². The van der Waals surface area contributed by atoms with Gasteiger partial charge in [0.25, 0.3) is 0 Å². The molecule has 1 aliphatic rings. The monoisotopic (exact) mass is 370 g/mol. The van der Waals surface area contributed by atoms with Crippen molar-refractivity contribution in [1.29, 1.82) is 5.26 Å². The van der Waals surface area contributed by atoms with Crippen LogP contribution in [0.15, 0.2) is 54.7 Å². The number of nitrogens with one attached hydrogen (secondary N) is 1. The smallest absolute Gasteiger partial charge is 0.0991 e. The van der Waals surface area contributed by atoms with Gasteiger partial charge < -0.3 is 10.4 Å². The normalized spacial score (nSPS) is 17.6. The molecular weight excluding hydrogens is 348 g/mol. The first-order valence-corrected chi connectivity index (χ1v) is 9.53. The van der Waals surface area contributed by atoms with Gasteiger partial charge in [-0.3, -0.25) is 0 Å². The van der Waals surface area contributed by atoms with Crippen LogP contribution < -0.4 is 5.32 Å². The Morgan fingerprint density at radius 1 is 1.25 bits per heavy atom. The van der Waals surface area contributed by atoms with Crippen molar-refractivity contribution in [2.45, 2.75) is 38.3 Å². The summed E-state index contributed by atoms with van der Waals surface area (Å²) < 4.78 is 0. The minimum Gasteiger partial charge on any atom is -0.393 e. The Balaban J connectivity index is 1.67. The molecule has 28 heavy (non-hydrogen) atoms. The second-order valence-electron chi connectivity index (χ2n) is 7.25. The number of hydrogen-bond acceptors (Lipinski definition) is 5. The average molecular weight is 370 g/mol. The summed E-state index contributed by atoms with van der Waals surface area (Å²) in [5.41, 5.74) is 5.88.